The Balaban J connectivity index is 2.47. The van der Waals surface area contributed by atoms with E-state index < -0.39 is 10.0 Å². The molecular weight excluding hydrogens is 250 g/mol. The third kappa shape index (κ3) is 2.26. The minimum absolute atomic E-state index is 0.265. The SMILES string of the molecule is CCCNS(=O)(=O)c1ccc2c(c1)nc(C)n2C. The molecule has 0 amide bonds. The van der Waals surface area contributed by atoms with E-state index in [0.717, 1.165) is 17.8 Å². The van der Waals surface area contributed by atoms with E-state index in [9.17, 15) is 8.42 Å². The first-order chi connectivity index (χ1) is 8.45. The molecule has 1 N–H and O–H groups in total. The Kier molecular flexibility index (Phi) is 3.41. The van der Waals surface area contributed by atoms with Crippen LogP contribution in [0.3, 0.4) is 0 Å². The summed E-state index contributed by atoms with van der Waals surface area (Å²) in [6.45, 7) is 4.26. The van der Waals surface area contributed by atoms with Crippen molar-refractivity contribution in [1.82, 2.24) is 14.3 Å². The van der Waals surface area contributed by atoms with Gasteiger partial charge in [-0.1, -0.05) is 6.92 Å². The van der Waals surface area contributed by atoms with Gasteiger partial charge >= 0.3 is 0 Å². The molecule has 0 unspecified atom stereocenters. The summed E-state index contributed by atoms with van der Waals surface area (Å²) < 4.78 is 28.4. The third-order valence-corrected chi connectivity index (χ3v) is 4.39. The van der Waals surface area contributed by atoms with Crippen LogP contribution in [0.4, 0.5) is 0 Å². The summed E-state index contributed by atoms with van der Waals surface area (Å²) in [6.07, 6.45) is 0.768. The standard InChI is InChI=1S/C12H17N3O2S/c1-4-7-13-18(16,17)10-5-6-12-11(8-10)14-9(2)15(12)3/h5-6,8,13H,4,7H2,1-3H3. The van der Waals surface area contributed by atoms with Gasteiger partial charge in [0.1, 0.15) is 5.82 Å². The van der Waals surface area contributed by atoms with Crippen LogP contribution in [0.1, 0.15) is 19.2 Å². The predicted octanol–water partition coefficient (Wildman–Crippen LogP) is 1.57. The maximum Gasteiger partial charge on any atom is 0.240 e. The molecule has 0 bridgehead atoms. The van der Waals surface area contributed by atoms with Gasteiger partial charge in [-0.15, -0.1) is 0 Å². The maximum absolute atomic E-state index is 12.0. The van der Waals surface area contributed by atoms with E-state index >= 15 is 0 Å². The molecule has 1 heterocycles. The zero-order valence-corrected chi connectivity index (χ0v) is 11.6. The minimum atomic E-state index is -3.42. The molecule has 98 valence electrons. The molecule has 0 spiro atoms. The number of imidazole rings is 1. The highest BCUT2D eigenvalue weighted by Crippen LogP contribution is 2.19. The van der Waals surface area contributed by atoms with Gasteiger partial charge in [0.15, 0.2) is 0 Å². The molecule has 2 aromatic rings. The van der Waals surface area contributed by atoms with E-state index in [2.05, 4.69) is 9.71 Å². The van der Waals surface area contributed by atoms with Crippen molar-refractivity contribution in [3.8, 4) is 0 Å². The van der Waals surface area contributed by atoms with E-state index in [1.165, 1.54) is 0 Å². The first-order valence-corrected chi connectivity index (χ1v) is 7.37. The Morgan fingerprint density at radius 2 is 2.11 bits per heavy atom. The summed E-state index contributed by atoms with van der Waals surface area (Å²) in [4.78, 5) is 4.60. The average Bonchev–Trinajstić information content (AvgIpc) is 2.62. The van der Waals surface area contributed by atoms with Gasteiger partial charge < -0.3 is 4.57 Å². The van der Waals surface area contributed by atoms with Gasteiger partial charge in [-0.05, 0) is 31.5 Å². The van der Waals surface area contributed by atoms with Crippen LogP contribution in [0, 0.1) is 6.92 Å². The van der Waals surface area contributed by atoms with E-state index in [1.807, 2.05) is 25.5 Å². The highest BCUT2D eigenvalue weighted by atomic mass is 32.2. The van der Waals surface area contributed by atoms with E-state index in [4.69, 9.17) is 0 Å². The first kappa shape index (κ1) is 13.0. The second-order valence-corrected chi connectivity index (χ2v) is 6.03. The van der Waals surface area contributed by atoms with Crippen LogP contribution in [-0.4, -0.2) is 24.5 Å². The summed E-state index contributed by atoms with van der Waals surface area (Å²) >= 11 is 0. The molecule has 0 atom stereocenters. The van der Waals surface area contributed by atoms with Gasteiger partial charge in [-0.3, -0.25) is 0 Å². The maximum atomic E-state index is 12.0. The van der Waals surface area contributed by atoms with Crippen LogP contribution < -0.4 is 4.72 Å². The van der Waals surface area contributed by atoms with Crippen LogP contribution in [0.15, 0.2) is 23.1 Å². The lowest BCUT2D eigenvalue weighted by Crippen LogP contribution is -2.24. The van der Waals surface area contributed by atoms with Crippen LogP contribution in [0.2, 0.25) is 0 Å². The molecule has 0 fully saturated rings. The molecule has 0 saturated carbocycles. The van der Waals surface area contributed by atoms with Gasteiger partial charge in [0.2, 0.25) is 10.0 Å². The number of fused-ring (bicyclic) bond motifs is 1. The van der Waals surface area contributed by atoms with E-state index in [1.54, 1.807) is 18.2 Å². The fourth-order valence-electron chi connectivity index (χ4n) is 1.79. The fraction of sp³-hybridized carbons (Fsp3) is 0.417. The summed E-state index contributed by atoms with van der Waals surface area (Å²) in [7, 11) is -1.51. The molecule has 6 heteroatoms. The van der Waals surface area contributed by atoms with Crippen molar-refractivity contribution in [2.24, 2.45) is 7.05 Å². The number of benzene rings is 1. The van der Waals surface area contributed by atoms with E-state index in [0.29, 0.717) is 12.1 Å². The number of aryl methyl sites for hydroxylation is 2. The lowest BCUT2D eigenvalue weighted by molar-refractivity contribution is 0.581. The van der Waals surface area contributed by atoms with Gasteiger partial charge in [0.25, 0.3) is 0 Å². The third-order valence-electron chi connectivity index (χ3n) is 2.93. The van der Waals surface area contributed by atoms with Crippen molar-refractivity contribution in [1.29, 1.82) is 0 Å². The Labute approximate surface area is 107 Å². The summed E-state index contributed by atoms with van der Waals surface area (Å²) in [5, 5.41) is 0. The van der Waals surface area contributed by atoms with E-state index in [-0.39, 0.29) is 4.90 Å². The zero-order valence-electron chi connectivity index (χ0n) is 10.8. The van der Waals surface area contributed by atoms with Crippen LogP contribution in [0.25, 0.3) is 11.0 Å². The van der Waals surface area contributed by atoms with Crippen molar-refractivity contribution in [2.45, 2.75) is 25.2 Å². The molecule has 0 radical (unpaired) electrons. The Bertz CT molecular complexity index is 674. The monoisotopic (exact) mass is 267 g/mol. The van der Waals surface area contributed by atoms with Crippen LogP contribution >= 0.6 is 0 Å². The fourth-order valence-corrected chi connectivity index (χ4v) is 2.94. The highest BCUT2D eigenvalue weighted by molar-refractivity contribution is 7.89. The van der Waals surface area contributed by atoms with Gasteiger partial charge in [0.05, 0.1) is 15.9 Å². The molecule has 0 saturated heterocycles. The lowest BCUT2D eigenvalue weighted by Gasteiger charge is -2.05. The quantitative estimate of drug-likeness (QED) is 0.914. The molecule has 18 heavy (non-hydrogen) atoms. The molecule has 0 aliphatic rings. The highest BCUT2D eigenvalue weighted by Gasteiger charge is 2.15. The summed E-state index contributed by atoms with van der Waals surface area (Å²) in [5.74, 6) is 0.862. The predicted molar refractivity (Wildman–Crippen MR) is 70.9 cm³/mol. The van der Waals surface area contributed by atoms with Crippen molar-refractivity contribution < 1.29 is 8.42 Å². The number of aromatic nitrogens is 2. The summed E-state index contributed by atoms with van der Waals surface area (Å²) in [6, 6.07) is 5.01. The molecule has 1 aromatic heterocycles. The second kappa shape index (κ2) is 4.70. The average molecular weight is 267 g/mol. The molecule has 1 aromatic carbocycles. The van der Waals surface area contributed by atoms with Gasteiger partial charge in [-0.25, -0.2) is 18.1 Å². The number of nitrogens with one attached hydrogen (secondary N) is 1. The number of sulfonamides is 1. The topological polar surface area (TPSA) is 64.0 Å². The van der Waals surface area contributed by atoms with Gasteiger partial charge in [-0.2, -0.15) is 0 Å². The first-order valence-electron chi connectivity index (χ1n) is 5.88. The van der Waals surface area contributed by atoms with Crippen LogP contribution in [-0.2, 0) is 17.1 Å². The Hall–Kier alpha value is -1.40. The lowest BCUT2D eigenvalue weighted by atomic mass is 10.3. The summed E-state index contributed by atoms with van der Waals surface area (Å²) in [5.41, 5.74) is 1.64. The smallest absolute Gasteiger partial charge is 0.240 e. The van der Waals surface area contributed by atoms with Crippen molar-refractivity contribution in [2.75, 3.05) is 6.54 Å². The molecule has 0 aliphatic heterocycles. The molecule has 0 aliphatic carbocycles. The molecule has 2 rings (SSSR count). The molecular formula is C12H17N3O2S. The normalized spacial score (nSPS) is 12.2. The zero-order chi connectivity index (χ0) is 13.3. The van der Waals surface area contributed by atoms with Crippen LogP contribution in [0.5, 0.6) is 0 Å². The number of nitrogens with zero attached hydrogens (tertiary/aromatic N) is 2. The number of hydrogen-bond acceptors (Lipinski definition) is 3. The number of hydrogen-bond donors (Lipinski definition) is 1. The minimum Gasteiger partial charge on any atom is -0.331 e. The van der Waals surface area contributed by atoms with Gasteiger partial charge in [0, 0.05) is 13.6 Å². The van der Waals surface area contributed by atoms with Crippen molar-refractivity contribution in [3.05, 3.63) is 24.0 Å². The van der Waals surface area contributed by atoms with Crippen molar-refractivity contribution in [3.63, 3.8) is 0 Å². The van der Waals surface area contributed by atoms with Crippen molar-refractivity contribution >= 4 is 21.1 Å². The largest absolute Gasteiger partial charge is 0.331 e. The second-order valence-electron chi connectivity index (χ2n) is 4.27. The Morgan fingerprint density at radius 1 is 1.39 bits per heavy atom. The molecule has 5 nitrogen and oxygen atoms in total. The number of rotatable bonds is 4. The Morgan fingerprint density at radius 3 is 2.78 bits per heavy atom.